The molecule has 3 nitrogen and oxygen atoms in total. The molecular formula is C16H27N3. The summed E-state index contributed by atoms with van der Waals surface area (Å²) in [6.07, 6.45) is 1.25. The van der Waals surface area contributed by atoms with Gasteiger partial charge >= 0.3 is 0 Å². The van der Waals surface area contributed by atoms with Gasteiger partial charge in [-0.1, -0.05) is 12.1 Å². The molecule has 0 aromatic heterocycles. The van der Waals surface area contributed by atoms with Crippen molar-refractivity contribution < 1.29 is 0 Å². The summed E-state index contributed by atoms with van der Waals surface area (Å²) < 4.78 is 0. The van der Waals surface area contributed by atoms with Crippen molar-refractivity contribution in [3.63, 3.8) is 0 Å². The standard InChI is InChI=1S/C16H27N3/c1-14-5-6-15(2)16(13-14)19-11-9-18(10-12-19)8-4-7-17-3/h5-6,13,17H,4,7-12H2,1-3H3. The first-order chi connectivity index (χ1) is 9.20. The fourth-order valence-electron chi connectivity index (χ4n) is 2.75. The Morgan fingerprint density at radius 3 is 2.53 bits per heavy atom. The quantitative estimate of drug-likeness (QED) is 0.818. The molecule has 0 amide bonds. The summed E-state index contributed by atoms with van der Waals surface area (Å²) in [4.78, 5) is 5.12. The highest BCUT2D eigenvalue weighted by Gasteiger charge is 2.17. The third kappa shape index (κ3) is 3.95. The molecule has 1 aliphatic heterocycles. The second-order valence-electron chi connectivity index (χ2n) is 5.58. The molecule has 106 valence electrons. The van der Waals surface area contributed by atoms with Gasteiger partial charge in [-0.15, -0.1) is 0 Å². The van der Waals surface area contributed by atoms with Gasteiger partial charge in [0.2, 0.25) is 0 Å². The lowest BCUT2D eigenvalue weighted by Crippen LogP contribution is -2.47. The molecule has 1 fully saturated rings. The number of anilines is 1. The van der Waals surface area contributed by atoms with E-state index in [1.807, 2.05) is 7.05 Å². The molecule has 3 heteroatoms. The van der Waals surface area contributed by atoms with Crippen LogP contribution in [0.15, 0.2) is 18.2 Å². The van der Waals surface area contributed by atoms with Gasteiger partial charge in [-0.05, 0) is 57.6 Å². The van der Waals surface area contributed by atoms with Gasteiger partial charge < -0.3 is 10.2 Å². The van der Waals surface area contributed by atoms with Crippen LogP contribution in [0.4, 0.5) is 5.69 Å². The highest BCUT2D eigenvalue weighted by Crippen LogP contribution is 2.22. The smallest absolute Gasteiger partial charge is 0.0399 e. The van der Waals surface area contributed by atoms with Crippen LogP contribution < -0.4 is 10.2 Å². The maximum absolute atomic E-state index is 3.22. The number of hydrogen-bond acceptors (Lipinski definition) is 3. The van der Waals surface area contributed by atoms with E-state index in [-0.39, 0.29) is 0 Å². The van der Waals surface area contributed by atoms with Crippen LogP contribution in [-0.4, -0.2) is 51.2 Å². The minimum Gasteiger partial charge on any atom is -0.369 e. The van der Waals surface area contributed by atoms with Gasteiger partial charge in [0.15, 0.2) is 0 Å². The largest absolute Gasteiger partial charge is 0.369 e. The van der Waals surface area contributed by atoms with Gasteiger partial charge in [0.25, 0.3) is 0 Å². The minimum absolute atomic E-state index is 1.12. The SMILES string of the molecule is CNCCCN1CCN(c2cc(C)ccc2C)CC1. The number of aryl methyl sites for hydroxylation is 2. The summed E-state index contributed by atoms with van der Waals surface area (Å²) in [5, 5.41) is 3.22. The van der Waals surface area contributed by atoms with E-state index in [1.165, 1.54) is 42.9 Å². The molecule has 0 atom stereocenters. The predicted octanol–water partition coefficient (Wildman–Crippen LogP) is 2.03. The molecule has 19 heavy (non-hydrogen) atoms. The number of benzene rings is 1. The third-order valence-electron chi connectivity index (χ3n) is 3.98. The Kier molecular flexibility index (Phi) is 5.23. The van der Waals surface area contributed by atoms with E-state index >= 15 is 0 Å². The Hall–Kier alpha value is -1.06. The number of piperazine rings is 1. The Morgan fingerprint density at radius 2 is 1.84 bits per heavy atom. The minimum atomic E-state index is 1.12. The molecule has 0 saturated carbocycles. The zero-order valence-electron chi connectivity index (χ0n) is 12.6. The van der Waals surface area contributed by atoms with Crippen LogP contribution in [0.3, 0.4) is 0 Å². The number of hydrogen-bond donors (Lipinski definition) is 1. The average molecular weight is 261 g/mol. The fourth-order valence-corrected chi connectivity index (χ4v) is 2.75. The first-order valence-corrected chi connectivity index (χ1v) is 7.40. The van der Waals surface area contributed by atoms with Crippen molar-refractivity contribution in [2.75, 3.05) is 51.2 Å². The molecule has 0 spiro atoms. The fraction of sp³-hybridized carbons (Fsp3) is 0.625. The van der Waals surface area contributed by atoms with Crippen molar-refractivity contribution in [2.24, 2.45) is 0 Å². The lowest BCUT2D eigenvalue weighted by molar-refractivity contribution is 0.254. The number of nitrogens with zero attached hydrogens (tertiary/aromatic N) is 2. The first-order valence-electron chi connectivity index (χ1n) is 7.40. The monoisotopic (exact) mass is 261 g/mol. The van der Waals surface area contributed by atoms with E-state index in [4.69, 9.17) is 0 Å². The molecule has 1 heterocycles. The normalized spacial score (nSPS) is 16.9. The van der Waals surface area contributed by atoms with E-state index in [0.717, 1.165) is 19.6 Å². The highest BCUT2D eigenvalue weighted by molar-refractivity contribution is 5.55. The van der Waals surface area contributed by atoms with Crippen LogP contribution in [0.2, 0.25) is 0 Å². The van der Waals surface area contributed by atoms with Gasteiger partial charge in [-0.25, -0.2) is 0 Å². The molecule has 0 bridgehead atoms. The van der Waals surface area contributed by atoms with E-state index < -0.39 is 0 Å². The Bertz CT molecular complexity index is 395. The maximum Gasteiger partial charge on any atom is 0.0399 e. The van der Waals surface area contributed by atoms with Gasteiger partial charge in [-0.3, -0.25) is 4.90 Å². The van der Waals surface area contributed by atoms with Crippen LogP contribution in [0.25, 0.3) is 0 Å². The summed E-state index contributed by atoms with van der Waals surface area (Å²) in [7, 11) is 2.03. The second kappa shape index (κ2) is 6.92. The van der Waals surface area contributed by atoms with Crippen molar-refractivity contribution in [3.8, 4) is 0 Å². The van der Waals surface area contributed by atoms with Crippen molar-refractivity contribution in [1.29, 1.82) is 0 Å². The second-order valence-corrected chi connectivity index (χ2v) is 5.58. The molecule has 0 aliphatic carbocycles. The lowest BCUT2D eigenvalue weighted by Gasteiger charge is -2.37. The summed E-state index contributed by atoms with van der Waals surface area (Å²) in [5.41, 5.74) is 4.18. The van der Waals surface area contributed by atoms with Crippen molar-refractivity contribution >= 4 is 5.69 Å². The number of nitrogens with one attached hydrogen (secondary N) is 1. The molecule has 1 aromatic rings. The molecule has 1 N–H and O–H groups in total. The Labute approximate surface area is 117 Å². The first kappa shape index (κ1) is 14.4. The summed E-state index contributed by atoms with van der Waals surface area (Å²) in [6.45, 7) is 11.4. The lowest BCUT2D eigenvalue weighted by atomic mass is 10.1. The highest BCUT2D eigenvalue weighted by atomic mass is 15.3. The van der Waals surface area contributed by atoms with Gasteiger partial charge in [0.1, 0.15) is 0 Å². The Balaban J connectivity index is 1.87. The predicted molar refractivity (Wildman–Crippen MR) is 83.1 cm³/mol. The van der Waals surface area contributed by atoms with Crippen LogP contribution in [-0.2, 0) is 0 Å². The van der Waals surface area contributed by atoms with Crippen molar-refractivity contribution in [3.05, 3.63) is 29.3 Å². The van der Waals surface area contributed by atoms with E-state index in [2.05, 4.69) is 47.2 Å². The number of rotatable bonds is 5. The molecule has 0 unspecified atom stereocenters. The molecular weight excluding hydrogens is 234 g/mol. The van der Waals surface area contributed by atoms with Crippen molar-refractivity contribution in [2.45, 2.75) is 20.3 Å². The van der Waals surface area contributed by atoms with Gasteiger partial charge in [0.05, 0.1) is 0 Å². The molecule has 2 rings (SSSR count). The maximum atomic E-state index is 3.22. The van der Waals surface area contributed by atoms with E-state index in [1.54, 1.807) is 0 Å². The summed E-state index contributed by atoms with van der Waals surface area (Å²) in [5.74, 6) is 0. The average Bonchev–Trinajstić information content (AvgIpc) is 2.43. The van der Waals surface area contributed by atoms with E-state index in [0.29, 0.717) is 0 Å². The van der Waals surface area contributed by atoms with Crippen LogP contribution in [0.5, 0.6) is 0 Å². The molecule has 0 radical (unpaired) electrons. The van der Waals surface area contributed by atoms with E-state index in [9.17, 15) is 0 Å². The molecule has 1 aromatic carbocycles. The molecule has 1 aliphatic rings. The zero-order valence-corrected chi connectivity index (χ0v) is 12.6. The van der Waals surface area contributed by atoms with Gasteiger partial charge in [0, 0.05) is 31.9 Å². The third-order valence-corrected chi connectivity index (χ3v) is 3.98. The zero-order chi connectivity index (χ0) is 13.7. The van der Waals surface area contributed by atoms with Crippen LogP contribution >= 0.6 is 0 Å². The molecule has 1 saturated heterocycles. The van der Waals surface area contributed by atoms with Crippen LogP contribution in [0, 0.1) is 13.8 Å². The topological polar surface area (TPSA) is 18.5 Å². The summed E-state index contributed by atoms with van der Waals surface area (Å²) in [6, 6.07) is 6.77. The summed E-state index contributed by atoms with van der Waals surface area (Å²) >= 11 is 0. The van der Waals surface area contributed by atoms with Crippen molar-refractivity contribution in [1.82, 2.24) is 10.2 Å². The van der Waals surface area contributed by atoms with Gasteiger partial charge in [-0.2, -0.15) is 0 Å². The Morgan fingerprint density at radius 1 is 1.11 bits per heavy atom. The van der Waals surface area contributed by atoms with Crippen LogP contribution in [0.1, 0.15) is 17.5 Å².